The molecule has 0 bridgehead atoms. The van der Waals surface area contributed by atoms with Gasteiger partial charge in [-0.3, -0.25) is 14.2 Å². The summed E-state index contributed by atoms with van der Waals surface area (Å²) in [6.45, 7) is 4.19. The largest absolute Gasteiger partial charge is 0.756 e. The van der Waals surface area contributed by atoms with E-state index in [2.05, 4.69) is 50.3 Å². The molecule has 0 aliphatic rings. The lowest BCUT2D eigenvalue weighted by molar-refractivity contribution is -0.870. The van der Waals surface area contributed by atoms with E-state index < -0.39 is 32.5 Å². The molecule has 0 radical (unpaired) electrons. The second-order valence-electron chi connectivity index (χ2n) is 17.8. The number of hydrogen-bond donors (Lipinski definition) is 0. The Kier molecular flexibility index (Phi) is 41.3. The summed E-state index contributed by atoms with van der Waals surface area (Å²) >= 11 is 0. The van der Waals surface area contributed by atoms with E-state index in [1.807, 2.05) is 21.1 Å². The highest BCUT2D eigenvalue weighted by atomic mass is 31.2. The summed E-state index contributed by atoms with van der Waals surface area (Å²) in [7, 11) is 1.14. The molecule has 0 spiro atoms. The van der Waals surface area contributed by atoms with Crippen LogP contribution in [0, 0.1) is 0 Å². The fraction of sp³-hybridized carbons (Fsp3) is 0.840. The molecule has 9 nitrogen and oxygen atoms in total. The van der Waals surface area contributed by atoms with Crippen molar-refractivity contribution in [2.45, 2.75) is 225 Å². The predicted octanol–water partition coefficient (Wildman–Crippen LogP) is 13.8. The summed E-state index contributed by atoms with van der Waals surface area (Å²) < 4.78 is 33.9. The number of phosphoric acid groups is 1. The standard InChI is InChI=1S/C50H94NO8P/c1-6-8-10-12-14-16-18-20-22-24-25-27-28-30-32-34-36-38-40-42-49(52)56-46-48(47-58-60(54,55)57-45-44-51(3,4)5)59-50(53)43-41-39-37-35-33-31-29-26-23-21-19-17-15-13-11-9-7-2/h20,22,29,31,35,37,48H,6-19,21,23-28,30,32-34,36,38-47H2,1-5H3/b22-20+,31-29+,37-35+/t48-/m1/s1. The molecule has 0 aromatic heterocycles. The first kappa shape index (κ1) is 58.2. The van der Waals surface area contributed by atoms with Crippen molar-refractivity contribution in [1.29, 1.82) is 0 Å². The lowest BCUT2D eigenvalue weighted by Crippen LogP contribution is -2.37. The highest BCUT2D eigenvalue weighted by Gasteiger charge is 2.21. The summed E-state index contributed by atoms with van der Waals surface area (Å²) in [5.74, 6) is -0.884. The number of carbonyl (C=O) groups is 2. The number of likely N-dealkylation sites (N-methyl/N-ethyl adjacent to an activating group) is 1. The lowest BCUT2D eigenvalue weighted by atomic mass is 10.1. The van der Waals surface area contributed by atoms with E-state index in [4.69, 9.17) is 18.5 Å². The van der Waals surface area contributed by atoms with Crippen LogP contribution in [0.4, 0.5) is 0 Å². The number of ether oxygens (including phenoxy) is 2. The van der Waals surface area contributed by atoms with Gasteiger partial charge in [-0.2, -0.15) is 0 Å². The van der Waals surface area contributed by atoms with Gasteiger partial charge in [-0.25, -0.2) is 0 Å². The molecule has 0 aliphatic carbocycles. The van der Waals surface area contributed by atoms with Crippen molar-refractivity contribution in [2.75, 3.05) is 47.5 Å². The van der Waals surface area contributed by atoms with Crippen molar-refractivity contribution < 1.29 is 42.1 Å². The SMILES string of the molecule is CCCCCCCC/C=C/CCCCCCCCCCCC(=O)OC[C@H](COP(=O)([O-])OCC[N+](C)(C)C)OC(=O)CCC/C=C/C/C=C/CCCCCCCCCCC. The van der Waals surface area contributed by atoms with Gasteiger partial charge in [-0.15, -0.1) is 0 Å². The number of rotatable bonds is 45. The van der Waals surface area contributed by atoms with E-state index >= 15 is 0 Å². The third-order valence-corrected chi connectivity index (χ3v) is 11.6. The zero-order valence-corrected chi connectivity index (χ0v) is 40.6. The molecule has 352 valence electrons. The van der Waals surface area contributed by atoms with Gasteiger partial charge < -0.3 is 27.9 Å². The second kappa shape index (κ2) is 42.5. The van der Waals surface area contributed by atoms with Crippen LogP contribution in [0.15, 0.2) is 36.5 Å². The van der Waals surface area contributed by atoms with E-state index in [0.717, 1.165) is 38.5 Å². The quantitative estimate of drug-likeness (QED) is 0.0196. The monoisotopic (exact) mass is 868 g/mol. The summed E-state index contributed by atoms with van der Waals surface area (Å²) in [5, 5.41) is 0. The number of unbranched alkanes of at least 4 members (excludes halogenated alkanes) is 25. The maximum Gasteiger partial charge on any atom is 0.306 e. The molecule has 0 aromatic carbocycles. The molecule has 0 saturated carbocycles. The lowest BCUT2D eigenvalue weighted by Gasteiger charge is -2.28. The molecule has 1 unspecified atom stereocenters. The molecular weight excluding hydrogens is 774 g/mol. The maximum atomic E-state index is 12.7. The minimum atomic E-state index is -4.64. The average molecular weight is 868 g/mol. The number of allylic oxidation sites excluding steroid dienone is 6. The van der Waals surface area contributed by atoms with Gasteiger partial charge in [0.15, 0.2) is 6.10 Å². The van der Waals surface area contributed by atoms with Crippen LogP contribution in [0.5, 0.6) is 0 Å². The van der Waals surface area contributed by atoms with Crippen molar-refractivity contribution >= 4 is 19.8 Å². The van der Waals surface area contributed by atoms with Crippen LogP contribution >= 0.6 is 7.82 Å². The molecule has 0 amide bonds. The van der Waals surface area contributed by atoms with Gasteiger partial charge in [0.1, 0.15) is 19.8 Å². The Labute approximate surface area is 370 Å². The minimum absolute atomic E-state index is 0.0381. The third kappa shape index (κ3) is 45.7. The number of esters is 2. The number of carbonyl (C=O) groups excluding carboxylic acids is 2. The topological polar surface area (TPSA) is 111 Å². The maximum absolute atomic E-state index is 12.7. The van der Waals surface area contributed by atoms with Gasteiger partial charge in [0.05, 0.1) is 27.7 Å². The molecular formula is C50H94NO8P. The number of quaternary nitrogens is 1. The Morgan fingerprint density at radius 3 is 1.38 bits per heavy atom. The Hall–Kier alpha value is -1.77. The van der Waals surface area contributed by atoms with E-state index in [9.17, 15) is 19.0 Å². The van der Waals surface area contributed by atoms with Crippen molar-refractivity contribution in [3.63, 3.8) is 0 Å². The first-order valence-corrected chi connectivity index (χ1v) is 26.2. The third-order valence-electron chi connectivity index (χ3n) is 10.6. The van der Waals surface area contributed by atoms with Crippen LogP contribution < -0.4 is 4.89 Å². The Balaban J connectivity index is 4.33. The second-order valence-corrected chi connectivity index (χ2v) is 19.2. The summed E-state index contributed by atoms with van der Waals surface area (Å²) in [6.07, 6.45) is 49.0. The first-order valence-electron chi connectivity index (χ1n) is 24.7. The normalized spacial score (nSPS) is 13.8. The Morgan fingerprint density at radius 1 is 0.517 bits per heavy atom. The number of nitrogens with zero attached hydrogens (tertiary/aromatic N) is 1. The molecule has 2 atom stereocenters. The molecule has 10 heteroatoms. The van der Waals surface area contributed by atoms with Gasteiger partial charge in [0, 0.05) is 12.8 Å². The van der Waals surface area contributed by atoms with Crippen molar-refractivity contribution in [2.24, 2.45) is 0 Å². The molecule has 0 aromatic rings. The van der Waals surface area contributed by atoms with Crippen LogP contribution in [0.1, 0.15) is 219 Å². The van der Waals surface area contributed by atoms with Crippen molar-refractivity contribution in [1.82, 2.24) is 0 Å². The molecule has 0 N–H and O–H groups in total. The van der Waals surface area contributed by atoms with Crippen LogP contribution in [0.25, 0.3) is 0 Å². The van der Waals surface area contributed by atoms with E-state index in [1.165, 1.54) is 148 Å². The van der Waals surface area contributed by atoms with Gasteiger partial charge in [0.25, 0.3) is 7.82 Å². The zero-order chi connectivity index (χ0) is 44.3. The molecule has 0 rings (SSSR count). The summed E-state index contributed by atoms with van der Waals surface area (Å²) in [6, 6.07) is 0. The van der Waals surface area contributed by atoms with Crippen LogP contribution in [0.3, 0.4) is 0 Å². The van der Waals surface area contributed by atoms with Gasteiger partial charge in [-0.1, -0.05) is 179 Å². The highest BCUT2D eigenvalue weighted by molar-refractivity contribution is 7.45. The zero-order valence-electron chi connectivity index (χ0n) is 39.7. The van der Waals surface area contributed by atoms with Crippen molar-refractivity contribution in [3.8, 4) is 0 Å². The van der Waals surface area contributed by atoms with E-state index in [0.29, 0.717) is 17.4 Å². The van der Waals surface area contributed by atoms with Crippen LogP contribution in [-0.4, -0.2) is 70.0 Å². The first-order chi connectivity index (χ1) is 29.0. The van der Waals surface area contributed by atoms with Crippen LogP contribution in [-0.2, 0) is 32.7 Å². The van der Waals surface area contributed by atoms with Crippen LogP contribution in [0.2, 0.25) is 0 Å². The number of hydrogen-bond acceptors (Lipinski definition) is 8. The highest BCUT2D eigenvalue weighted by Crippen LogP contribution is 2.38. The number of phosphoric ester groups is 1. The summed E-state index contributed by atoms with van der Waals surface area (Å²) in [5.41, 5.74) is 0. The smallest absolute Gasteiger partial charge is 0.306 e. The van der Waals surface area contributed by atoms with Gasteiger partial charge >= 0.3 is 11.9 Å². The molecule has 60 heavy (non-hydrogen) atoms. The fourth-order valence-corrected chi connectivity index (χ4v) is 7.48. The fourth-order valence-electron chi connectivity index (χ4n) is 6.75. The average Bonchev–Trinajstić information content (AvgIpc) is 3.20. The summed E-state index contributed by atoms with van der Waals surface area (Å²) in [4.78, 5) is 37.6. The van der Waals surface area contributed by atoms with Gasteiger partial charge in [0.2, 0.25) is 0 Å². The Morgan fingerprint density at radius 2 is 0.917 bits per heavy atom. The molecule has 0 saturated heterocycles. The van der Waals surface area contributed by atoms with Gasteiger partial charge in [-0.05, 0) is 64.2 Å². The molecule has 0 heterocycles. The minimum Gasteiger partial charge on any atom is -0.756 e. The van der Waals surface area contributed by atoms with Crippen molar-refractivity contribution in [3.05, 3.63) is 36.5 Å². The van der Waals surface area contributed by atoms with E-state index in [1.54, 1.807) is 0 Å². The molecule has 0 fully saturated rings. The predicted molar refractivity (Wildman–Crippen MR) is 250 cm³/mol. The molecule has 0 aliphatic heterocycles. The Bertz CT molecular complexity index is 1120. The van der Waals surface area contributed by atoms with E-state index in [-0.39, 0.29) is 26.1 Å².